The average Bonchev–Trinajstić information content (AvgIpc) is 2.68. The van der Waals surface area contributed by atoms with Gasteiger partial charge in [-0.15, -0.1) is 0 Å². The lowest BCUT2D eigenvalue weighted by molar-refractivity contribution is -0.136. The quantitative estimate of drug-likeness (QED) is 0.844. The molecular weight excluding hydrogens is 342 g/mol. The normalized spacial score (nSPS) is 15.7. The number of carbonyl (C=O) groups excluding carboxylic acids is 2. The Morgan fingerprint density at radius 3 is 2.56 bits per heavy atom. The molecule has 3 rings (SSSR count). The second-order valence-corrected chi connectivity index (χ2v) is 7.06. The van der Waals surface area contributed by atoms with Crippen LogP contribution in [0.25, 0.3) is 10.8 Å². The van der Waals surface area contributed by atoms with Crippen LogP contribution < -0.4 is 5.32 Å². The van der Waals surface area contributed by atoms with Crippen LogP contribution in [0.5, 0.6) is 0 Å². The third-order valence-corrected chi connectivity index (χ3v) is 4.83. The van der Waals surface area contributed by atoms with Crippen molar-refractivity contribution in [2.75, 3.05) is 46.4 Å². The number of hydrogen-bond donors (Lipinski definition) is 1. The van der Waals surface area contributed by atoms with Gasteiger partial charge in [-0.05, 0) is 36.4 Å². The predicted molar refractivity (Wildman–Crippen MR) is 105 cm³/mol. The van der Waals surface area contributed by atoms with Crippen molar-refractivity contribution in [3.63, 3.8) is 0 Å². The first-order valence-electron chi connectivity index (χ1n) is 9.35. The third kappa shape index (κ3) is 5.28. The van der Waals surface area contributed by atoms with Gasteiger partial charge in [-0.25, -0.2) is 0 Å². The standard InChI is InChI=1S/C21H27N3O3/c1-16(18-8-7-17-5-3-4-6-19(17)13-18)22-20(25)14-23(2)15-21(26)24-9-11-27-12-10-24/h3-8,13,16H,9-12,14-15H2,1-2H3,(H,22,25). The van der Waals surface area contributed by atoms with Crippen LogP contribution in [0.3, 0.4) is 0 Å². The van der Waals surface area contributed by atoms with Crippen molar-refractivity contribution in [2.24, 2.45) is 0 Å². The molecule has 2 amide bonds. The summed E-state index contributed by atoms with van der Waals surface area (Å²) in [5.74, 6) is -0.0517. The van der Waals surface area contributed by atoms with Crippen LogP contribution in [-0.4, -0.2) is 68.1 Å². The molecule has 0 aromatic heterocycles. The fourth-order valence-electron chi connectivity index (χ4n) is 3.29. The first-order valence-corrected chi connectivity index (χ1v) is 9.35. The highest BCUT2D eigenvalue weighted by Gasteiger charge is 2.19. The molecule has 1 saturated heterocycles. The monoisotopic (exact) mass is 369 g/mol. The topological polar surface area (TPSA) is 61.9 Å². The lowest BCUT2D eigenvalue weighted by Gasteiger charge is -2.28. The minimum atomic E-state index is -0.0922. The maximum absolute atomic E-state index is 12.4. The van der Waals surface area contributed by atoms with E-state index in [4.69, 9.17) is 4.74 Å². The molecule has 0 radical (unpaired) electrons. The summed E-state index contributed by atoms with van der Waals surface area (Å²) < 4.78 is 5.26. The molecule has 1 aliphatic heterocycles. The molecule has 0 bridgehead atoms. The second kappa shape index (κ2) is 8.97. The number of nitrogens with zero attached hydrogens (tertiary/aromatic N) is 2. The number of morpholine rings is 1. The molecular formula is C21H27N3O3. The van der Waals surface area contributed by atoms with E-state index < -0.39 is 0 Å². The highest BCUT2D eigenvalue weighted by molar-refractivity contribution is 5.84. The van der Waals surface area contributed by atoms with Crippen molar-refractivity contribution in [1.29, 1.82) is 0 Å². The van der Waals surface area contributed by atoms with Crippen molar-refractivity contribution in [3.8, 4) is 0 Å². The lowest BCUT2D eigenvalue weighted by Crippen LogP contribution is -2.46. The molecule has 1 N–H and O–H groups in total. The summed E-state index contributed by atoms with van der Waals surface area (Å²) in [5, 5.41) is 5.36. The number of nitrogens with one attached hydrogen (secondary N) is 1. The smallest absolute Gasteiger partial charge is 0.236 e. The van der Waals surface area contributed by atoms with Gasteiger partial charge >= 0.3 is 0 Å². The van der Waals surface area contributed by atoms with E-state index in [9.17, 15) is 9.59 Å². The van der Waals surface area contributed by atoms with Gasteiger partial charge in [0.1, 0.15) is 0 Å². The summed E-state index contributed by atoms with van der Waals surface area (Å²) in [7, 11) is 1.79. The van der Waals surface area contributed by atoms with Gasteiger partial charge in [0, 0.05) is 13.1 Å². The Morgan fingerprint density at radius 1 is 1.11 bits per heavy atom. The zero-order valence-corrected chi connectivity index (χ0v) is 16.0. The average molecular weight is 369 g/mol. The summed E-state index contributed by atoms with van der Waals surface area (Å²) in [6, 6.07) is 14.3. The van der Waals surface area contributed by atoms with Gasteiger partial charge < -0.3 is 15.0 Å². The lowest BCUT2D eigenvalue weighted by atomic mass is 10.0. The number of likely N-dealkylation sites (N-methyl/N-ethyl adjacent to an activating group) is 1. The predicted octanol–water partition coefficient (Wildman–Crippen LogP) is 1.81. The van der Waals surface area contributed by atoms with Gasteiger partial charge in [0.05, 0.1) is 32.3 Å². The van der Waals surface area contributed by atoms with E-state index in [2.05, 4.69) is 29.6 Å². The van der Waals surface area contributed by atoms with Crippen LogP contribution in [0.15, 0.2) is 42.5 Å². The molecule has 1 fully saturated rings. The zero-order chi connectivity index (χ0) is 19.2. The van der Waals surface area contributed by atoms with E-state index in [0.717, 1.165) is 10.9 Å². The fourth-order valence-corrected chi connectivity index (χ4v) is 3.29. The molecule has 27 heavy (non-hydrogen) atoms. The highest BCUT2D eigenvalue weighted by atomic mass is 16.5. The summed E-state index contributed by atoms with van der Waals surface area (Å²) in [6.07, 6.45) is 0. The molecule has 1 unspecified atom stereocenters. The van der Waals surface area contributed by atoms with Gasteiger partial charge in [-0.2, -0.15) is 0 Å². The van der Waals surface area contributed by atoms with Crippen molar-refractivity contribution in [2.45, 2.75) is 13.0 Å². The second-order valence-electron chi connectivity index (χ2n) is 7.06. The van der Waals surface area contributed by atoms with E-state index in [0.29, 0.717) is 26.3 Å². The first-order chi connectivity index (χ1) is 13.0. The van der Waals surface area contributed by atoms with Gasteiger partial charge in [0.25, 0.3) is 0 Å². The largest absolute Gasteiger partial charge is 0.378 e. The number of hydrogen-bond acceptors (Lipinski definition) is 4. The molecule has 1 aliphatic rings. The van der Waals surface area contributed by atoms with Gasteiger partial charge in [0.15, 0.2) is 0 Å². The Bertz CT molecular complexity index is 802. The summed E-state index contributed by atoms with van der Waals surface area (Å²) in [5.41, 5.74) is 1.06. The summed E-state index contributed by atoms with van der Waals surface area (Å²) in [4.78, 5) is 28.2. The van der Waals surface area contributed by atoms with Crippen molar-refractivity contribution in [1.82, 2.24) is 15.1 Å². The van der Waals surface area contributed by atoms with E-state index in [1.807, 2.05) is 25.1 Å². The van der Waals surface area contributed by atoms with Gasteiger partial charge in [0.2, 0.25) is 11.8 Å². The minimum Gasteiger partial charge on any atom is -0.378 e. The van der Waals surface area contributed by atoms with Gasteiger partial charge in [-0.1, -0.05) is 36.4 Å². The van der Waals surface area contributed by atoms with Crippen LogP contribution in [0.2, 0.25) is 0 Å². The highest BCUT2D eigenvalue weighted by Crippen LogP contribution is 2.20. The van der Waals surface area contributed by atoms with Crippen molar-refractivity contribution >= 4 is 22.6 Å². The Morgan fingerprint density at radius 2 is 1.81 bits per heavy atom. The zero-order valence-electron chi connectivity index (χ0n) is 16.0. The molecule has 144 valence electrons. The Kier molecular flexibility index (Phi) is 6.42. The Balaban J connectivity index is 1.50. The van der Waals surface area contributed by atoms with E-state index in [-0.39, 0.29) is 30.9 Å². The molecule has 6 heteroatoms. The van der Waals surface area contributed by atoms with Crippen molar-refractivity contribution in [3.05, 3.63) is 48.0 Å². The number of ether oxygens (including phenoxy) is 1. The number of benzene rings is 2. The molecule has 0 aliphatic carbocycles. The minimum absolute atomic E-state index is 0.0381. The number of amides is 2. The maximum atomic E-state index is 12.4. The number of rotatable bonds is 6. The van der Waals surface area contributed by atoms with Crippen LogP contribution in [0, 0.1) is 0 Å². The van der Waals surface area contributed by atoms with Gasteiger partial charge in [-0.3, -0.25) is 14.5 Å². The third-order valence-electron chi connectivity index (χ3n) is 4.83. The molecule has 1 heterocycles. The molecule has 2 aromatic carbocycles. The number of carbonyl (C=O) groups is 2. The number of fused-ring (bicyclic) bond motifs is 1. The Hall–Kier alpha value is -2.44. The molecule has 0 spiro atoms. The van der Waals surface area contributed by atoms with Crippen molar-refractivity contribution < 1.29 is 14.3 Å². The molecule has 2 aromatic rings. The van der Waals surface area contributed by atoms with Crippen LogP contribution in [-0.2, 0) is 14.3 Å². The van der Waals surface area contributed by atoms with E-state index >= 15 is 0 Å². The van der Waals surface area contributed by atoms with E-state index in [1.54, 1.807) is 16.8 Å². The van der Waals surface area contributed by atoms with Crippen LogP contribution >= 0.6 is 0 Å². The summed E-state index contributed by atoms with van der Waals surface area (Å²) >= 11 is 0. The Labute approximate surface area is 160 Å². The summed E-state index contributed by atoms with van der Waals surface area (Å²) in [6.45, 7) is 4.81. The van der Waals surface area contributed by atoms with Crippen LogP contribution in [0.1, 0.15) is 18.5 Å². The molecule has 1 atom stereocenters. The SMILES string of the molecule is CC(NC(=O)CN(C)CC(=O)N1CCOCC1)c1ccc2ccccc2c1. The molecule has 6 nitrogen and oxygen atoms in total. The molecule has 0 saturated carbocycles. The van der Waals surface area contributed by atoms with Crippen LogP contribution in [0.4, 0.5) is 0 Å². The first kappa shape index (κ1) is 19.3. The fraction of sp³-hybridized carbons (Fsp3) is 0.429. The van der Waals surface area contributed by atoms with E-state index in [1.165, 1.54) is 5.39 Å². The maximum Gasteiger partial charge on any atom is 0.236 e.